The van der Waals surface area contributed by atoms with Crippen LogP contribution in [-0.2, 0) is 10.0 Å². The van der Waals surface area contributed by atoms with Crippen molar-refractivity contribution in [3.8, 4) is 17.2 Å². The summed E-state index contributed by atoms with van der Waals surface area (Å²) in [5.41, 5.74) is 1.56. The molecule has 3 rings (SSSR count). The van der Waals surface area contributed by atoms with Crippen molar-refractivity contribution in [3.63, 3.8) is 0 Å². The van der Waals surface area contributed by atoms with Crippen LogP contribution in [0.25, 0.3) is 5.69 Å². The molecule has 7 nitrogen and oxygen atoms in total. The molecule has 0 saturated carbocycles. The Morgan fingerprint density at radius 3 is 2.35 bits per heavy atom. The Labute approximate surface area is 152 Å². The summed E-state index contributed by atoms with van der Waals surface area (Å²) in [6.07, 6.45) is 1.49. The summed E-state index contributed by atoms with van der Waals surface area (Å²) < 4.78 is 40.0. The molecule has 2 aromatic carbocycles. The maximum absolute atomic E-state index is 12.8. The standard InChI is InChI=1S/C18H19N3O4S/c1-13-18(12-21(19-13)15-7-5-4-6-8-15)26(22,23)20-14-9-10-16(24-2)17(11-14)25-3/h4-12,20H,1-3H3. The van der Waals surface area contributed by atoms with Crippen molar-refractivity contribution in [3.05, 3.63) is 60.4 Å². The second-order valence-corrected chi connectivity index (χ2v) is 7.18. The van der Waals surface area contributed by atoms with Gasteiger partial charge in [0, 0.05) is 6.07 Å². The second-order valence-electron chi connectivity index (χ2n) is 5.53. The van der Waals surface area contributed by atoms with Gasteiger partial charge in [-0.1, -0.05) is 18.2 Å². The van der Waals surface area contributed by atoms with E-state index in [2.05, 4.69) is 9.82 Å². The third-order valence-electron chi connectivity index (χ3n) is 3.80. The van der Waals surface area contributed by atoms with Crippen LogP contribution >= 0.6 is 0 Å². The molecule has 0 fully saturated rings. The van der Waals surface area contributed by atoms with E-state index in [9.17, 15) is 8.42 Å². The average molecular weight is 373 g/mol. The minimum absolute atomic E-state index is 0.108. The molecule has 8 heteroatoms. The Hall–Kier alpha value is -3.00. The van der Waals surface area contributed by atoms with Crippen LogP contribution in [0.15, 0.2) is 59.6 Å². The Morgan fingerprint density at radius 1 is 1.00 bits per heavy atom. The number of aromatic nitrogens is 2. The van der Waals surface area contributed by atoms with E-state index in [4.69, 9.17) is 9.47 Å². The van der Waals surface area contributed by atoms with Crippen molar-refractivity contribution in [2.75, 3.05) is 18.9 Å². The van der Waals surface area contributed by atoms with Gasteiger partial charge in [0.25, 0.3) is 10.0 Å². The van der Waals surface area contributed by atoms with E-state index in [-0.39, 0.29) is 4.90 Å². The van der Waals surface area contributed by atoms with Gasteiger partial charge in [-0.2, -0.15) is 5.10 Å². The highest BCUT2D eigenvalue weighted by molar-refractivity contribution is 7.92. The topological polar surface area (TPSA) is 82.5 Å². The van der Waals surface area contributed by atoms with E-state index in [0.29, 0.717) is 22.9 Å². The van der Waals surface area contributed by atoms with Crippen molar-refractivity contribution >= 4 is 15.7 Å². The third-order valence-corrected chi connectivity index (χ3v) is 5.28. The summed E-state index contributed by atoms with van der Waals surface area (Å²) in [7, 11) is -0.798. The summed E-state index contributed by atoms with van der Waals surface area (Å²) in [6.45, 7) is 1.66. The zero-order valence-electron chi connectivity index (χ0n) is 14.6. The predicted octanol–water partition coefficient (Wildman–Crippen LogP) is 3.00. The molecule has 0 unspecified atom stereocenters. The van der Waals surface area contributed by atoms with Crippen LogP contribution in [0.4, 0.5) is 5.69 Å². The number of methoxy groups -OCH3 is 2. The van der Waals surface area contributed by atoms with Gasteiger partial charge < -0.3 is 9.47 Å². The minimum atomic E-state index is -3.81. The van der Waals surface area contributed by atoms with E-state index in [0.717, 1.165) is 5.69 Å². The zero-order valence-corrected chi connectivity index (χ0v) is 15.4. The molecule has 0 bridgehead atoms. The van der Waals surface area contributed by atoms with Crippen LogP contribution in [0.3, 0.4) is 0 Å². The quantitative estimate of drug-likeness (QED) is 0.718. The van der Waals surface area contributed by atoms with E-state index in [1.807, 2.05) is 30.3 Å². The fraction of sp³-hybridized carbons (Fsp3) is 0.167. The minimum Gasteiger partial charge on any atom is -0.493 e. The highest BCUT2D eigenvalue weighted by Gasteiger charge is 2.21. The maximum Gasteiger partial charge on any atom is 0.265 e. The summed E-state index contributed by atoms with van der Waals surface area (Å²) in [5.74, 6) is 0.952. The smallest absolute Gasteiger partial charge is 0.265 e. The molecule has 0 radical (unpaired) electrons. The Kier molecular flexibility index (Phi) is 4.85. The Balaban J connectivity index is 1.93. The number of nitrogens with one attached hydrogen (secondary N) is 1. The van der Waals surface area contributed by atoms with Crippen LogP contribution in [0, 0.1) is 6.92 Å². The van der Waals surface area contributed by atoms with Crippen LogP contribution in [-0.4, -0.2) is 32.4 Å². The first kappa shape index (κ1) is 17.8. The van der Waals surface area contributed by atoms with Gasteiger partial charge in [0.1, 0.15) is 4.90 Å². The van der Waals surface area contributed by atoms with Gasteiger partial charge in [-0.25, -0.2) is 13.1 Å². The number of sulfonamides is 1. The number of aryl methyl sites for hydroxylation is 1. The SMILES string of the molecule is COc1ccc(NS(=O)(=O)c2cn(-c3ccccc3)nc2C)cc1OC. The first-order valence-electron chi connectivity index (χ1n) is 7.81. The fourth-order valence-electron chi connectivity index (χ4n) is 2.53. The lowest BCUT2D eigenvalue weighted by Crippen LogP contribution is -2.13. The van der Waals surface area contributed by atoms with E-state index in [1.54, 1.807) is 29.8 Å². The summed E-state index contributed by atoms with van der Waals surface area (Å²) in [5, 5.41) is 4.30. The molecule has 0 aliphatic rings. The molecule has 0 aliphatic carbocycles. The summed E-state index contributed by atoms with van der Waals surface area (Å²) in [4.78, 5) is 0.108. The van der Waals surface area contributed by atoms with Gasteiger partial charge in [0.05, 0.1) is 37.5 Å². The van der Waals surface area contributed by atoms with Crippen LogP contribution < -0.4 is 14.2 Å². The molecule has 1 N–H and O–H groups in total. The summed E-state index contributed by atoms with van der Waals surface area (Å²) in [6, 6.07) is 14.1. The van der Waals surface area contributed by atoms with Gasteiger partial charge in [0.2, 0.25) is 0 Å². The van der Waals surface area contributed by atoms with Crippen molar-refractivity contribution in [1.29, 1.82) is 0 Å². The lowest BCUT2D eigenvalue weighted by atomic mass is 10.3. The lowest BCUT2D eigenvalue weighted by molar-refractivity contribution is 0.355. The molecule has 0 spiro atoms. The molecule has 0 amide bonds. The molecule has 0 saturated heterocycles. The monoisotopic (exact) mass is 373 g/mol. The molecule has 0 atom stereocenters. The number of rotatable bonds is 6. The maximum atomic E-state index is 12.8. The molecule has 1 heterocycles. The highest BCUT2D eigenvalue weighted by Crippen LogP contribution is 2.31. The van der Waals surface area contributed by atoms with Gasteiger partial charge in [-0.05, 0) is 31.2 Å². The third kappa shape index (κ3) is 3.50. The lowest BCUT2D eigenvalue weighted by Gasteiger charge is -2.11. The number of benzene rings is 2. The molecule has 26 heavy (non-hydrogen) atoms. The van der Waals surface area contributed by atoms with Crippen LogP contribution in [0.1, 0.15) is 5.69 Å². The fourth-order valence-corrected chi connectivity index (χ4v) is 3.75. The van der Waals surface area contributed by atoms with Crippen LogP contribution in [0.5, 0.6) is 11.5 Å². The highest BCUT2D eigenvalue weighted by atomic mass is 32.2. The first-order valence-corrected chi connectivity index (χ1v) is 9.29. The number of nitrogens with zero attached hydrogens (tertiary/aromatic N) is 2. The number of hydrogen-bond acceptors (Lipinski definition) is 5. The largest absolute Gasteiger partial charge is 0.493 e. The Morgan fingerprint density at radius 2 is 1.69 bits per heavy atom. The van der Waals surface area contributed by atoms with E-state index in [1.165, 1.54) is 20.4 Å². The number of ether oxygens (including phenoxy) is 2. The van der Waals surface area contributed by atoms with Gasteiger partial charge >= 0.3 is 0 Å². The van der Waals surface area contributed by atoms with Crippen LogP contribution in [0.2, 0.25) is 0 Å². The van der Waals surface area contributed by atoms with Crippen molar-refractivity contribution in [2.45, 2.75) is 11.8 Å². The number of anilines is 1. The summed E-state index contributed by atoms with van der Waals surface area (Å²) >= 11 is 0. The average Bonchev–Trinajstić information content (AvgIpc) is 3.05. The van der Waals surface area contributed by atoms with E-state index >= 15 is 0 Å². The zero-order chi connectivity index (χ0) is 18.7. The van der Waals surface area contributed by atoms with Crippen molar-refractivity contribution in [2.24, 2.45) is 0 Å². The van der Waals surface area contributed by atoms with E-state index < -0.39 is 10.0 Å². The second kappa shape index (κ2) is 7.09. The Bertz CT molecular complexity index is 1010. The normalized spacial score (nSPS) is 11.2. The first-order chi connectivity index (χ1) is 12.4. The molecule has 136 valence electrons. The predicted molar refractivity (Wildman–Crippen MR) is 98.7 cm³/mol. The molecule has 0 aliphatic heterocycles. The van der Waals surface area contributed by atoms with Gasteiger partial charge in [-0.3, -0.25) is 4.72 Å². The van der Waals surface area contributed by atoms with Gasteiger partial charge in [-0.15, -0.1) is 0 Å². The molecule has 1 aromatic heterocycles. The number of para-hydroxylation sites is 1. The van der Waals surface area contributed by atoms with Crippen molar-refractivity contribution in [1.82, 2.24) is 9.78 Å². The molecular formula is C18H19N3O4S. The number of hydrogen-bond donors (Lipinski definition) is 1. The molecular weight excluding hydrogens is 354 g/mol. The van der Waals surface area contributed by atoms with Crippen molar-refractivity contribution < 1.29 is 17.9 Å². The molecule has 3 aromatic rings. The van der Waals surface area contributed by atoms with Gasteiger partial charge in [0.15, 0.2) is 11.5 Å².